The number of ketones is 1. The van der Waals surface area contributed by atoms with Gasteiger partial charge in [0.25, 0.3) is 0 Å². The first kappa shape index (κ1) is 25.8. The lowest BCUT2D eigenvalue weighted by atomic mass is 9.64. The predicted molar refractivity (Wildman–Crippen MR) is 158 cm³/mol. The average molecular weight is 556 g/mol. The van der Waals surface area contributed by atoms with Crippen LogP contribution in [0.1, 0.15) is 28.8 Å². The van der Waals surface area contributed by atoms with Crippen LogP contribution >= 0.6 is 23.2 Å². The number of anilines is 1. The molecule has 4 nitrogen and oxygen atoms in total. The van der Waals surface area contributed by atoms with Crippen molar-refractivity contribution in [3.05, 3.63) is 142 Å². The van der Waals surface area contributed by atoms with Crippen LogP contribution in [-0.2, 0) is 9.63 Å². The fourth-order valence-electron chi connectivity index (χ4n) is 6.04. The Morgan fingerprint density at radius 1 is 0.821 bits per heavy atom. The number of halogens is 2. The van der Waals surface area contributed by atoms with Gasteiger partial charge in [0.2, 0.25) is 0 Å². The van der Waals surface area contributed by atoms with Gasteiger partial charge in [0.15, 0.2) is 5.78 Å². The number of para-hydroxylation sites is 1. The summed E-state index contributed by atoms with van der Waals surface area (Å²) in [5.41, 5.74) is 3.17. The Morgan fingerprint density at radius 3 is 2.13 bits per heavy atom. The zero-order valence-electron chi connectivity index (χ0n) is 21.5. The second-order valence-corrected chi connectivity index (χ2v) is 11.0. The van der Waals surface area contributed by atoms with Crippen molar-refractivity contribution in [3.8, 4) is 0 Å². The quantitative estimate of drug-likeness (QED) is 0.241. The average Bonchev–Trinajstić information content (AvgIpc) is 3.28. The number of likely N-dealkylation sites (tertiary alicyclic amines) is 1. The Bertz CT molecular complexity index is 1530. The number of carbonyl (C=O) groups is 1. The van der Waals surface area contributed by atoms with Crippen LogP contribution in [0, 0.1) is 5.41 Å². The molecule has 2 saturated heterocycles. The predicted octanol–water partition coefficient (Wildman–Crippen LogP) is 7.81. The number of hydroxylamine groups is 1. The smallest absolute Gasteiger partial charge is 0.173 e. The van der Waals surface area contributed by atoms with Gasteiger partial charge in [0.05, 0.1) is 11.7 Å². The molecule has 4 aromatic rings. The van der Waals surface area contributed by atoms with Crippen LogP contribution in [0.5, 0.6) is 0 Å². The van der Waals surface area contributed by atoms with Gasteiger partial charge in [-0.15, -0.1) is 0 Å². The van der Waals surface area contributed by atoms with E-state index in [4.69, 9.17) is 28.0 Å². The molecule has 0 aliphatic carbocycles. The van der Waals surface area contributed by atoms with Gasteiger partial charge in [-0.3, -0.25) is 9.63 Å². The van der Waals surface area contributed by atoms with Crippen LogP contribution in [0.4, 0.5) is 5.69 Å². The number of carbonyl (C=O) groups excluding carboxylic acids is 1. The van der Waals surface area contributed by atoms with E-state index in [1.807, 2.05) is 115 Å². The zero-order chi connectivity index (χ0) is 27.0. The first-order valence-corrected chi connectivity index (χ1v) is 13.7. The third-order valence-corrected chi connectivity index (χ3v) is 8.33. The first-order valence-electron chi connectivity index (χ1n) is 13.0. The Balaban J connectivity index is 1.61. The molecule has 39 heavy (non-hydrogen) atoms. The van der Waals surface area contributed by atoms with E-state index in [2.05, 4.69) is 17.0 Å². The second kappa shape index (κ2) is 10.6. The highest BCUT2D eigenvalue weighted by molar-refractivity contribution is 6.32. The number of likely N-dealkylation sites (N-methyl/N-ethyl adjacent to an activating group) is 1. The molecule has 2 fully saturated rings. The molecule has 0 aromatic heterocycles. The van der Waals surface area contributed by atoms with Gasteiger partial charge in [-0.25, -0.2) is 5.06 Å². The summed E-state index contributed by atoms with van der Waals surface area (Å²) >= 11 is 13.3. The fraction of sp³-hybridized carbons (Fsp3) is 0.182. The van der Waals surface area contributed by atoms with Gasteiger partial charge in [-0.2, -0.15) is 0 Å². The zero-order valence-corrected chi connectivity index (χ0v) is 23.0. The molecule has 2 aliphatic rings. The van der Waals surface area contributed by atoms with E-state index in [9.17, 15) is 4.79 Å². The highest BCUT2D eigenvalue weighted by Crippen LogP contribution is 2.60. The number of hydrogen-bond acceptors (Lipinski definition) is 4. The van der Waals surface area contributed by atoms with Gasteiger partial charge >= 0.3 is 0 Å². The van der Waals surface area contributed by atoms with Crippen molar-refractivity contribution < 1.29 is 9.63 Å². The lowest BCUT2D eigenvalue weighted by Gasteiger charge is -2.44. The van der Waals surface area contributed by atoms with Crippen LogP contribution < -0.4 is 5.06 Å². The lowest BCUT2D eigenvalue weighted by Crippen LogP contribution is -2.54. The third-order valence-electron chi connectivity index (χ3n) is 7.64. The van der Waals surface area contributed by atoms with E-state index >= 15 is 0 Å². The molecule has 1 spiro atoms. The summed E-state index contributed by atoms with van der Waals surface area (Å²) < 4.78 is 0. The van der Waals surface area contributed by atoms with E-state index in [1.165, 1.54) is 0 Å². The number of Topliss-reactive ketones (excluding diaryl/α,β-unsaturated/α-hetero) is 1. The van der Waals surface area contributed by atoms with Crippen molar-refractivity contribution >= 4 is 40.7 Å². The molecule has 1 unspecified atom stereocenters. The highest BCUT2D eigenvalue weighted by atomic mass is 35.5. The molecule has 2 heterocycles. The van der Waals surface area contributed by atoms with Gasteiger partial charge in [-0.05, 0) is 48.5 Å². The molecule has 0 amide bonds. The lowest BCUT2D eigenvalue weighted by molar-refractivity contribution is -0.133. The maximum atomic E-state index is 15.0. The number of piperidine rings is 1. The van der Waals surface area contributed by atoms with E-state index in [1.54, 1.807) is 0 Å². The Labute approximate surface area is 239 Å². The van der Waals surface area contributed by atoms with Crippen molar-refractivity contribution in [1.29, 1.82) is 0 Å². The Morgan fingerprint density at radius 2 is 1.44 bits per heavy atom. The van der Waals surface area contributed by atoms with Gasteiger partial charge < -0.3 is 4.90 Å². The van der Waals surface area contributed by atoms with Crippen LogP contribution in [0.2, 0.25) is 10.0 Å². The largest absolute Gasteiger partial charge is 0.301 e. The maximum Gasteiger partial charge on any atom is 0.173 e. The molecule has 3 atom stereocenters. The van der Waals surface area contributed by atoms with E-state index in [0.717, 1.165) is 22.4 Å². The molecular formula is C33H28Cl2N2O2. The SMILES string of the molecule is CN1C/C(=C\c2ccccc2Cl)C(=O)C2(C1)[C@H](c1ccccc1Cl)ON(c1ccccc1)[C@@H]2c1ccccc1. The molecule has 6 rings (SSSR count). The highest BCUT2D eigenvalue weighted by Gasteiger charge is 2.64. The van der Waals surface area contributed by atoms with E-state index < -0.39 is 17.6 Å². The molecule has 6 heteroatoms. The summed E-state index contributed by atoms with van der Waals surface area (Å²) in [4.78, 5) is 24.0. The summed E-state index contributed by atoms with van der Waals surface area (Å²) in [5, 5.41) is 3.09. The molecule has 0 bridgehead atoms. The summed E-state index contributed by atoms with van der Waals surface area (Å²) in [5.74, 6) is 0.0396. The fourth-order valence-corrected chi connectivity index (χ4v) is 6.46. The third kappa shape index (κ3) is 4.58. The maximum absolute atomic E-state index is 15.0. The Kier molecular flexibility index (Phi) is 7.05. The van der Waals surface area contributed by atoms with Crippen LogP contribution in [-0.4, -0.2) is 30.8 Å². The van der Waals surface area contributed by atoms with Crippen LogP contribution in [0.25, 0.3) is 6.08 Å². The number of hydrogen-bond donors (Lipinski definition) is 0. The van der Waals surface area contributed by atoms with E-state index in [-0.39, 0.29) is 5.78 Å². The Hall–Kier alpha value is -3.41. The van der Waals surface area contributed by atoms with Crippen molar-refractivity contribution in [2.75, 3.05) is 25.2 Å². The molecule has 0 saturated carbocycles. The number of benzene rings is 4. The minimum atomic E-state index is -0.998. The van der Waals surface area contributed by atoms with Gasteiger partial charge in [-0.1, -0.05) is 108 Å². The molecule has 196 valence electrons. The normalized spacial score (nSPS) is 24.5. The topological polar surface area (TPSA) is 32.8 Å². The monoisotopic (exact) mass is 554 g/mol. The van der Waals surface area contributed by atoms with Gasteiger partial charge in [0, 0.05) is 34.3 Å². The number of rotatable bonds is 4. The summed E-state index contributed by atoms with van der Waals surface area (Å²) in [6.07, 6.45) is 1.31. The molecule has 2 aliphatic heterocycles. The second-order valence-electron chi connectivity index (χ2n) is 10.2. The summed E-state index contributed by atoms with van der Waals surface area (Å²) in [6, 6.07) is 34.9. The molecule has 0 N–H and O–H groups in total. The number of nitrogens with zero attached hydrogens (tertiary/aromatic N) is 2. The van der Waals surface area contributed by atoms with Gasteiger partial charge in [0.1, 0.15) is 11.5 Å². The minimum absolute atomic E-state index is 0.0396. The molecule has 0 radical (unpaired) electrons. The molecular weight excluding hydrogens is 527 g/mol. The first-order chi connectivity index (χ1) is 19.0. The van der Waals surface area contributed by atoms with Crippen molar-refractivity contribution in [1.82, 2.24) is 4.90 Å². The van der Waals surface area contributed by atoms with E-state index in [0.29, 0.717) is 28.7 Å². The molecule has 4 aromatic carbocycles. The summed E-state index contributed by atoms with van der Waals surface area (Å²) in [6.45, 7) is 0.998. The van der Waals surface area contributed by atoms with Crippen LogP contribution in [0.3, 0.4) is 0 Å². The minimum Gasteiger partial charge on any atom is -0.301 e. The standard InChI is InChI=1S/C33H28Cl2N2O2/c1-36-21-25(20-24-14-8-10-18-28(24)34)31(38)33(22-36)30(23-12-4-2-5-13-23)37(26-15-6-3-7-16-26)39-32(33)27-17-9-11-19-29(27)35/h2-20,30,32H,21-22H2,1H3/b25-20+/t30-,32+,33?/m1/s1. The van der Waals surface area contributed by atoms with Crippen LogP contribution in [0.15, 0.2) is 115 Å². The van der Waals surface area contributed by atoms with Crippen molar-refractivity contribution in [3.63, 3.8) is 0 Å². The summed E-state index contributed by atoms with van der Waals surface area (Å²) in [7, 11) is 2.05. The van der Waals surface area contributed by atoms with Crippen molar-refractivity contribution in [2.45, 2.75) is 12.1 Å². The van der Waals surface area contributed by atoms with Crippen molar-refractivity contribution in [2.24, 2.45) is 5.41 Å².